The molecule has 2 N–H and O–H groups in total. The zero-order chi connectivity index (χ0) is 17.3. The van der Waals surface area contributed by atoms with Gasteiger partial charge >= 0.3 is 0 Å². The molecular weight excluding hydrogens is 353 g/mol. The van der Waals surface area contributed by atoms with Gasteiger partial charge in [0.2, 0.25) is 5.91 Å². The summed E-state index contributed by atoms with van der Waals surface area (Å²) >= 11 is 12.0. The van der Waals surface area contributed by atoms with Gasteiger partial charge in [0.25, 0.3) is 5.56 Å². The molecule has 1 aromatic carbocycles. The van der Waals surface area contributed by atoms with Gasteiger partial charge in [-0.25, -0.2) is 0 Å². The van der Waals surface area contributed by atoms with E-state index in [1.807, 2.05) is 6.07 Å². The van der Waals surface area contributed by atoms with E-state index in [1.165, 1.54) is 0 Å². The number of amides is 1. The van der Waals surface area contributed by atoms with Gasteiger partial charge in [0.15, 0.2) is 0 Å². The molecule has 0 aliphatic carbocycles. The van der Waals surface area contributed by atoms with Crippen molar-refractivity contribution in [2.24, 2.45) is 0 Å². The van der Waals surface area contributed by atoms with Crippen molar-refractivity contribution in [1.82, 2.24) is 15.1 Å². The summed E-state index contributed by atoms with van der Waals surface area (Å²) in [5, 5.41) is 6.15. The van der Waals surface area contributed by atoms with Crippen molar-refractivity contribution in [3.63, 3.8) is 0 Å². The molecule has 1 aliphatic rings. The lowest BCUT2D eigenvalue weighted by molar-refractivity contribution is -0.138. The van der Waals surface area contributed by atoms with Crippen molar-refractivity contribution < 1.29 is 9.53 Å². The number of nitrogens with one attached hydrogen (secondary N) is 2. The molecule has 2 aromatic rings. The van der Waals surface area contributed by atoms with Crippen LogP contribution in [0, 0.1) is 6.92 Å². The number of carbonyl (C=O) groups excluding carboxylic acids is 1. The Bertz CT molecular complexity index is 815. The average molecular weight is 370 g/mol. The van der Waals surface area contributed by atoms with Crippen molar-refractivity contribution in [2.45, 2.75) is 19.4 Å². The molecule has 1 aliphatic heterocycles. The number of morpholine rings is 1. The van der Waals surface area contributed by atoms with Gasteiger partial charge in [-0.05, 0) is 24.6 Å². The van der Waals surface area contributed by atoms with Crippen LogP contribution in [0.2, 0.25) is 10.0 Å². The second-order valence-electron chi connectivity index (χ2n) is 5.73. The van der Waals surface area contributed by atoms with E-state index in [9.17, 15) is 9.59 Å². The van der Waals surface area contributed by atoms with Crippen molar-refractivity contribution in [3.05, 3.63) is 55.4 Å². The smallest absolute Gasteiger partial charge is 0.267 e. The molecule has 24 heavy (non-hydrogen) atoms. The van der Waals surface area contributed by atoms with Crippen LogP contribution in [0.4, 0.5) is 0 Å². The highest BCUT2D eigenvalue weighted by atomic mass is 35.5. The first-order valence-electron chi connectivity index (χ1n) is 7.56. The average Bonchev–Trinajstić information content (AvgIpc) is 2.89. The molecule has 1 fully saturated rings. The van der Waals surface area contributed by atoms with Gasteiger partial charge in [0.1, 0.15) is 6.10 Å². The first-order chi connectivity index (χ1) is 11.5. The molecule has 1 unspecified atom stereocenters. The molecule has 6 nitrogen and oxygen atoms in total. The standard InChI is InChI=1S/C16H17Cl2N3O3/c1-9-11(16(23)20-19-9)7-15(22)21-4-5-24-14(8-21)10-2-3-12(17)13(18)6-10/h2-3,6,14H,4-5,7-8H2,1H3,(H2,19,20,23). The minimum absolute atomic E-state index is 0.0682. The van der Waals surface area contributed by atoms with Crippen LogP contribution in [0.5, 0.6) is 0 Å². The maximum absolute atomic E-state index is 12.5. The highest BCUT2D eigenvalue weighted by molar-refractivity contribution is 6.42. The van der Waals surface area contributed by atoms with E-state index in [1.54, 1.807) is 24.0 Å². The van der Waals surface area contributed by atoms with E-state index in [0.717, 1.165) is 5.56 Å². The number of aromatic amines is 2. The van der Waals surface area contributed by atoms with Crippen molar-refractivity contribution in [2.75, 3.05) is 19.7 Å². The number of hydrogen-bond acceptors (Lipinski definition) is 3. The van der Waals surface area contributed by atoms with Crippen LogP contribution in [0.15, 0.2) is 23.0 Å². The third-order valence-electron chi connectivity index (χ3n) is 4.15. The number of nitrogens with zero attached hydrogens (tertiary/aromatic N) is 1. The molecule has 0 bridgehead atoms. The number of halogens is 2. The fourth-order valence-corrected chi connectivity index (χ4v) is 3.04. The lowest BCUT2D eigenvalue weighted by Gasteiger charge is -2.33. The zero-order valence-corrected chi connectivity index (χ0v) is 14.6. The number of H-pyrrole nitrogens is 2. The molecule has 2 heterocycles. The van der Waals surface area contributed by atoms with Crippen LogP contribution in [0.1, 0.15) is 22.9 Å². The molecule has 0 spiro atoms. The first kappa shape index (κ1) is 17.1. The summed E-state index contributed by atoms with van der Waals surface area (Å²) < 4.78 is 5.75. The summed E-state index contributed by atoms with van der Waals surface area (Å²) in [6.07, 6.45) is -0.193. The maximum atomic E-state index is 12.5. The van der Waals surface area contributed by atoms with Gasteiger partial charge in [-0.1, -0.05) is 29.3 Å². The minimum atomic E-state index is -0.261. The molecule has 1 saturated heterocycles. The Morgan fingerprint density at radius 2 is 2.12 bits per heavy atom. The fraction of sp³-hybridized carbons (Fsp3) is 0.375. The Morgan fingerprint density at radius 1 is 1.33 bits per heavy atom. The predicted octanol–water partition coefficient (Wildman–Crippen LogP) is 2.46. The van der Waals surface area contributed by atoms with E-state index in [2.05, 4.69) is 10.2 Å². The largest absolute Gasteiger partial charge is 0.370 e. The SMILES string of the molecule is Cc1[nH][nH]c(=O)c1CC(=O)N1CCOC(c2ccc(Cl)c(Cl)c2)C1. The molecule has 128 valence electrons. The Kier molecular flexibility index (Phi) is 4.99. The van der Waals surface area contributed by atoms with E-state index >= 15 is 0 Å². The van der Waals surface area contributed by atoms with Gasteiger partial charge < -0.3 is 14.7 Å². The molecule has 0 radical (unpaired) electrons. The van der Waals surface area contributed by atoms with Gasteiger partial charge in [-0.15, -0.1) is 0 Å². The lowest BCUT2D eigenvalue weighted by atomic mass is 10.1. The molecule has 1 aromatic heterocycles. The van der Waals surface area contributed by atoms with Crippen LogP contribution in [0.3, 0.4) is 0 Å². The van der Waals surface area contributed by atoms with Crippen LogP contribution in [0.25, 0.3) is 0 Å². The highest BCUT2D eigenvalue weighted by Crippen LogP contribution is 2.29. The van der Waals surface area contributed by atoms with E-state index in [-0.39, 0.29) is 24.0 Å². The Balaban J connectivity index is 1.72. The summed E-state index contributed by atoms with van der Waals surface area (Å²) in [6, 6.07) is 5.31. The monoisotopic (exact) mass is 369 g/mol. The minimum Gasteiger partial charge on any atom is -0.370 e. The summed E-state index contributed by atoms with van der Waals surface area (Å²) in [5.74, 6) is -0.100. The van der Waals surface area contributed by atoms with Crippen molar-refractivity contribution >= 4 is 29.1 Å². The topological polar surface area (TPSA) is 78.2 Å². The summed E-state index contributed by atoms with van der Waals surface area (Å²) in [4.78, 5) is 25.9. The normalized spacial score (nSPS) is 18.0. The van der Waals surface area contributed by atoms with Gasteiger partial charge in [0, 0.05) is 17.8 Å². The third kappa shape index (κ3) is 3.50. The lowest BCUT2D eigenvalue weighted by Crippen LogP contribution is -2.43. The fourth-order valence-electron chi connectivity index (χ4n) is 2.74. The van der Waals surface area contributed by atoms with Crippen LogP contribution < -0.4 is 5.56 Å². The number of carbonyl (C=O) groups is 1. The molecule has 3 rings (SSSR count). The van der Waals surface area contributed by atoms with Crippen molar-refractivity contribution in [3.8, 4) is 0 Å². The first-order valence-corrected chi connectivity index (χ1v) is 8.31. The second kappa shape index (κ2) is 7.01. The zero-order valence-electron chi connectivity index (χ0n) is 13.1. The maximum Gasteiger partial charge on any atom is 0.267 e. The Hall–Kier alpha value is -1.76. The summed E-state index contributed by atoms with van der Waals surface area (Å²) in [6.45, 7) is 3.10. The van der Waals surface area contributed by atoms with Crippen LogP contribution >= 0.6 is 23.2 Å². The number of benzene rings is 1. The third-order valence-corrected chi connectivity index (χ3v) is 4.89. The molecule has 1 atom stereocenters. The number of rotatable bonds is 3. The summed E-state index contributed by atoms with van der Waals surface area (Å²) in [5.41, 5.74) is 1.77. The molecule has 0 saturated carbocycles. The van der Waals surface area contributed by atoms with E-state index in [0.29, 0.717) is 41.0 Å². The van der Waals surface area contributed by atoms with Gasteiger partial charge in [-0.2, -0.15) is 0 Å². The van der Waals surface area contributed by atoms with Gasteiger partial charge in [-0.3, -0.25) is 14.7 Å². The summed E-state index contributed by atoms with van der Waals surface area (Å²) in [7, 11) is 0. The van der Waals surface area contributed by atoms with E-state index in [4.69, 9.17) is 27.9 Å². The van der Waals surface area contributed by atoms with Crippen molar-refractivity contribution in [1.29, 1.82) is 0 Å². The molecular formula is C16H17Cl2N3O3. The van der Waals surface area contributed by atoms with Crippen LogP contribution in [-0.2, 0) is 16.0 Å². The molecule has 1 amide bonds. The molecule has 8 heteroatoms. The Labute approximate surface area is 148 Å². The van der Waals surface area contributed by atoms with Crippen LogP contribution in [-0.4, -0.2) is 40.7 Å². The number of hydrogen-bond donors (Lipinski definition) is 2. The van der Waals surface area contributed by atoms with E-state index < -0.39 is 0 Å². The quantitative estimate of drug-likeness (QED) is 0.871. The Morgan fingerprint density at radius 3 is 2.79 bits per heavy atom. The number of aryl methyl sites for hydroxylation is 1. The highest BCUT2D eigenvalue weighted by Gasteiger charge is 2.26. The predicted molar refractivity (Wildman–Crippen MR) is 91.6 cm³/mol. The number of ether oxygens (including phenoxy) is 1. The second-order valence-corrected chi connectivity index (χ2v) is 6.55. The van der Waals surface area contributed by atoms with Gasteiger partial charge in [0.05, 0.1) is 29.6 Å². The number of aromatic nitrogens is 2.